The number of amides is 2. The van der Waals surface area contributed by atoms with Crippen LogP contribution in [0.3, 0.4) is 0 Å². The van der Waals surface area contributed by atoms with Crippen molar-refractivity contribution in [1.82, 2.24) is 10.2 Å². The number of aryl methyl sites for hydroxylation is 1. The highest BCUT2D eigenvalue weighted by atomic mass is 35.5. The number of benzene rings is 3. The van der Waals surface area contributed by atoms with Crippen molar-refractivity contribution < 1.29 is 27.1 Å². The number of hydrogen-bond donors (Lipinski definition) is 1. The number of halogens is 2. The van der Waals surface area contributed by atoms with Gasteiger partial charge in [0.05, 0.1) is 17.7 Å². The van der Waals surface area contributed by atoms with Gasteiger partial charge in [-0.2, -0.15) is 0 Å². The zero-order valence-electron chi connectivity index (χ0n) is 23.6. The van der Waals surface area contributed by atoms with Gasteiger partial charge in [-0.25, -0.2) is 12.8 Å². The molecule has 0 saturated heterocycles. The third-order valence-electron chi connectivity index (χ3n) is 6.56. The van der Waals surface area contributed by atoms with Crippen LogP contribution in [0.5, 0.6) is 5.75 Å². The minimum Gasteiger partial charge on any atom is -0.495 e. The van der Waals surface area contributed by atoms with Gasteiger partial charge in [0.25, 0.3) is 10.0 Å². The SMILES string of the molecule is CCCCNC(=O)[C@@H](C)N(Cc1ccc(F)cc1)C(=O)CN(c1cc(Cl)ccc1OC)S(=O)(=O)c1ccc(C)cc1. The molecule has 0 saturated carbocycles. The molecule has 0 bridgehead atoms. The maximum absolute atomic E-state index is 14.0. The molecule has 0 heterocycles. The summed E-state index contributed by atoms with van der Waals surface area (Å²) in [7, 11) is -2.91. The van der Waals surface area contributed by atoms with Gasteiger partial charge in [-0.15, -0.1) is 0 Å². The second-order valence-electron chi connectivity index (χ2n) is 9.61. The van der Waals surface area contributed by atoms with Crippen LogP contribution in [-0.4, -0.2) is 51.4 Å². The Morgan fingerprint density at radius 2 is 1.71 bits per heavy atom. The molecule has 11 heteroatoms. The minimum absolute atomic E-state index is 0.0339. The molecule has 220 valence electrons. The highest BCUT2D eigenvalue weighted by molar-refractivity contribution is 7.92. The molecule has 1 atom stereocenters. The number of carbonyl (C=O) groups is 2. The predicted molar refractivity (Wildman–Crippen MR) is 158 cm³/mol. The molecule has 0 aliphatic rings. The number of sulfonamides is 1. The van der Waals surface area contributed by atoms with Gasteiger partial charge in [0.2, 0.25) is 11.8 Å². The summed E-state index contributed by atoms with van der Waals surface area (Å²) >= 11 is 6.25. The van der Waals surface area contributed by atoms with Crippen LogP contribution in [0.4, 0.5) is 10.1 Å². The molecular formula is C30H35ClFN3O5S. The maximum atomic E-state index is 14.0. The first-order valence-electron chi connectivity index (χ1n) is 13.2. The lowest BCUT2D eigenvalue weighted by molar-refractivity contribution is -0.139. The van der Waals surface area contributed by atoms with E-state index in [1.807, 2.05) is 13.8 Å². The third kappa shape index (κ3) is 8.20. The van der Waals surface area contributed by atoms with Crippen LogP contribution in [0.2, 0.25) is 5.02 Å². The van der Waals surface area contributed by atoms with E-state index in [2.05, 4.69) is 5.32 Å². The highest BCUT2D eigenvalue weighted by Crippen LogP contribution is 2.35. The first-order valence-corrected chi connectivity index (χ1v) is 15.0. The number of rotatable bonds is 13. The second kappa shape index (κ2) is 14.3. The molecule has 0 aliphatic carbocycles. The first-order chi connectivity index (χ1) is 19.5. The van der Waals surface area contributed by atoms with E-state index in [1.54, 1.807) is 25.1 Å². The summed E-state index contributed by atoms with van der Waals surface area (Å²) in [4.78, 5) is 28.3. The molecular weight excluding hydrogens is 569 g/mol. The minimum atomic E-state index is -4.29. The van der Waals surface area contributed by atoms with Crippen LogP contribution in [0.25, 0.3) is 0 Å². The van der Waals surface area contributed by atoms with Crippen molar-refractivity contribution in [3.63, 3.8) is 0 Å². The van der Waals surface area contributed by atoms with Crippen molar-refractivity contribution in [2.45, 2.75) is 51.1 Å². The van der Waals surface area contributed by atoms with E-state index in [4.69, 9.17) is 16.3 Å². The lowest BCUT2D eigenvalue weighted by Crippen LogP contribution is -2.51. The zero-order chi connectivity index (χ0) is 30.2. The molecule has 0 aliphatic heterocycles. The van der Waals surface area contributed by atoms with E-state index in [1.165, 1.54) is 60.5 Å². The van der Waals surface area contributed by atoms with E-state index in [0.29, 0.717) is 12.1 Å². The van der Waals surface area contributed by atoms with Crippen LogP contribution in [0.1, 0.15) is 37.8 Å². The van der Waals surface area contributed by atoms with Gasteiger partial charge in [0.15, 0.2) is 0 Å². The first kappa shape index (κ1) is 31.9. The van der Waals surface area contributed by atoms with Crippen molar-refractivity contribution in [1.29, 1.82) is 0 Å². The number of anilines is 1. The summed E-state index contributed by atoms with van der Waals surface area (Å²) in [6.45, 7) is 5.13. The van der Waals surface area contributed by atoms with Gasteiger partial charge in [0.1, 0.15) is 24.2 Å². The number of unbranched alkanes of at least 4 members (excludes halogenated alkanes) is 1. The van der Waals surface area contributed by atoms with Gasteiger partial charge in [0, 0.05) is 18.1 Å². The molecule has 1 N–H and O–H groups in total. The van der Waals surface area contributed by atoms with Gasteiger partial charge >= 0.3 is 0 Å². The molecule has 0 unspecified atom stereocenters. The van der Waals surface area contributed by atoms with Gasteiger partial charge in [-0.05, 0) is 68.3 Å². The number of nitrogens with one attached hydrogen (secondary N) is 1. The van der Waals surface area contributed by atoms with Crippen molar-refractivity contribution in [3.05, 3.63) is 88.7 Å². The van der Waals surface area contributed by atoms with Crippen molar-refractivity contribution in [2.24, 2.45) is 0 Å². The van der Waals surface area contributed by atoms with Crippen LogP contribution < -0.4 is 14.4 Å². The molecule has 3 rings (SSSR count). The van der Waals surface area contributed by atoms with Gasteiger partial charge < -0.3 is 15.0 Å². The summed E-state index contributed by atoms with van der Waals surface area (Å²) in [5.41, 5.74) is 1.50. The standard InChI is InChI=1S/C30H35ClFN3O5S/c1-5-6-17-33-30(37)22(3)34(19-23-9-12-25(32)13-10-23)29(36)20-35(27-18-24(31)11-16-28(27)40-4)41(38,39)26-14-7-21(2)8-15-26/h7-16,18,22H,5-6,17,19-20H2,1-4H3,(H,33,37)/t22-/m1/s1. The highest BCUT2D eigenvalue weighted by Gasteiger charge is 2.34. The Morgan fingerprint density at radius 1 is 1.05 bits per heavy atom. The lowest BCUT2D eigenvalue weighted by atomic mass is 10.1. The Balaban J connectivity index is 2.06. The van der Waals surface area contributed by atoms with Crippen LogP contribution in [-0.2, 0) is 26.2 Å². The fourth-order valence-corrected chi connectivity index (χ4v) is 5.70. The van der Waals surface area contributed by atoms with E-state index in [9.17, 15) is 22.4 Å². The Hall–Kier alpha value is -3.63. The largest absolute Gasteiger partial charge is 0.495 e. The van der Waals surface area contributed by atoms with Crippen molar-refractivity contribution in [2.75, 3.05) is 24.5 Å². The molecule has 41 heavy (non-hydrogen) atoms. The number of hydrogen-bond acceptors (Lipinski definition) is 5. The number of carbonyl (C=O) groups excluding carboxylic acids is 2. The van der Waals surface area contributed by atoms with Crippen LogP contribution >= 0.6 is 11.6 Å². The van der Waals surface area contributed by atoms with E-state index in [0.717, 1.165) is 22.7 Å². The van der Waals surface area contributed by atoms with E-state index in [-0.39, 0.29) is 33.8 Å². The average Bonchev–Trinajstić information content (AvgIpc) is 2.95. The maximum Gasteiger partial charge on any atom is 0.264 e. The van der Waals surface area contributed by atoms with Gasteiger partial charge in [-0.1, -0.05) is 54.8 Å². The summed E-state index contributed by atoms with van der Waals surface area (Å²) in [6, 6.07) is 15.3. The molecule has 2 amide bonds. The molecule has 3 aromatic rings. The Kier molecular flexibility index (Phi) is 11.1. The summed E-state index contributed by atoms with van der Waals surface area (Å²) in [5.74, 6) is -1.29. The van der Waals surface area contributed by atoms with Crippen molar-refractivity contribution in [3.8, 4) is 5.75 Å². The Morgan fingerprint density at radius 3 is 2.32 bits per heavy atom. The fourth-order valence-electron chi connectivity index (χ4n) is 4.11. The smallest absolute Gasteiger partial charge is 0.264 e. The summed E-state index contributed by atoms with van der Waals surface area (Å²) in [6.07, 6.45) is 1.64. The average molecular weight is 604 g/mol. The number of methoxy groups -OCH3 is 1. The van der Waals surface area contributed by atoms with Gasteiger partial charge in [-0.3, -0.25) is 13.9 Å². The summed E-state index contributed by atoms with van der Waals surface area (Å²) < 4.78 is 47.9. The molecule has 8 nitrogen and oxygen atoms in total. The molecule has 3 aromatic carbocycles. The molecule has 0 radical (unpaired) electrons. The number of nitrogens with zero attached hydrogens (tertiary/aromatic N) is 2. The summed E-state index contributed by atoms with van der Waals surface area (Å²) in [5, 5.41) is 3.06. The van der Waals surface area contributed by atoms with Crippen LogP contribution in [0, 0.1) is 12.7 Å². The van der Waals surface area contributed by atoms with Crippen molar-refractivity contribution >= 4 is 39.1 Å². The molecule has 0 fully saturated rings. The van der Waals surface area contributed by atoms with Crippen LogP contribution in [0.15, 0.2) is 71.6 Å². The fraction of sp³-hybridized carbons (Fsp3) is 0.333. The Labute approximate surface area is 246 Å². The Bertz CT molecular complexity index is 1450. The predicted octanol–water partition coefficient (Wildman–Crippen LogP) is 5.33. The normalized spacial score (nSPS) is 12.0. The zero-order valence-corrected chi connectivity index (χ0v) is 25.1. The third-order valence-corrected chi connectivity index (χ3v) is 8.57. The number of ether oxygens (including phenoxy) is 1. The van der Waals surface area contributed by atoms with E-state index >= 15 is 0 Å². The van der Waals surface area contributed by atoms with E-state index < -0.39 is 34.3 Å². The quantitative estimate of drug-likeness (QED) is 0.267. The second-order valence-corrected chi connectivity index (χ2v) is 11.9. The molecule has 0 spiro atoms. The topological polar surface area (TPSA) is 96.0 Å². The molecule has 0 aromatic heterocycles. The lowest BCUT2D eigenvalue weighted by Gasteiger charge is -2.32. The monoisotopic (exact) mass is 603 g/mol.